The quantitative estimate of drug-likeness (QED) is 0.790. The summed E-state index contributed by atoms with van der Waals surface area (Å²) in [5.41, 5.74) is 1.97. The number of fused-ring (bicyclic) bond motifs is 1. The number of nitrogens with one attached hydrogen (secondary N) is 1. The Morgan fingerprint density at radius 3 is 3.00 bits per heavy atom. The van der Waals surface area contributed by atoms with Gasteiger partial charge in [0.25, 0.3) is 0 Å². The SMILES string of the molecule is CC1(n2c(=S)[nH]c3cccnc32)CCOCC1. The van der Waals surface area contributed by atoms with E-state index < -0.39 is 0 Å². The highest BCUT2D eigenvalue weighted by molar-refractivity contribution is 7.71. The van der Waals surface area contributed by atoms with Gasteiger partial charge in [0.2, 0.25) is 0 Å². The van der Waals surface area contributed by atoms with Crippen LogP contribution >= 0.6 is 12.2 Å². The third-order valence-corrected chi connectivity index (χ3v) is 3.84. The second kappa shape index (κ2) is 3.92. The van der Waals surface area contributed by atoms with Gasteiger partial charge >= 0.3 is 0 Å². The molecule has 1 saturated heterocycles. The first-order chi connectivity index (χ1) is 8.21. The van der Waals surface area contributed by atoms with E-state index in [4.69, 9.17) is 17.0 Å². The molecular weight excluding hydrogens is 234 g/mol. The zero-order chi connectivity index (χ0) is 11.9. The van der Waals surface area contributed by atoms with Crippen LogP contribution in [0.2, 0.25) is 0 Å². The monoisotopic (exact) mass is 249 g/mol. The van der Waals surface area contributed by atoms with Crippen molar-refractivity contribution in [2.45, 2.75) is 25.3 Å². The maximum atomic E-state index is 5.44. The summed E-state index contributed by atoms with van der Waals surface area (Å²) in [5.74, 6) is 0. The third kappa shape index (κ3) is 1.70. The lowest BCUT2D eigenvalue weighted by molar-refractivity contribution is 0.0304. The Bertz CT molecular complexity index is 595. The number of nitrogens with zero attached hydrogens (tertiary/aromatic N) is 2. The van der Waals surface area contributed by atoms with Crippen molar-refractivity contribution in [1.82, 2.24) is 14.5 Å². The molecule has 5 heteroatoms. The van der Waals surface area contributed by atoms with E-state index in [1.807, 2.05) is 18.3 Å². The zero-order valence-corrected chi connectivity index (χ0v) is 10.6. The highest BCUT2D eigenvalue weighted by Crippen LogP contribution is 2.31. The van der Waals surface area contributed by atoms with Crippen LogP contribution in [0.5, 0.6) is 0 Å². The van der Waals surface area contributed by atoms with Crippen LogP contribution in [0.3, 0.4) is 0 Å². The van der Waals surface area contributed by atoms with Crippen LogP contribution in [-0.4, -0.2) is 27.7 Å². The lowest BCUT2D eigenvalue weighted by Gasteiger charge is -2.35. The van der Waals surface area contributed by atoms with Gasteiger partial charge in [-0.15, -0.1) is 0 Å². The first-order valence-corrected chi connectivity index (χ1v) is 6.25. The Hall–Kier alpha value is -1.20. The van der Waals surface area contributed by atoms with Crippen molar-refractivity contribution < 1.29 is 4.74 Å². The molecule has 0 unspecified atom stereocenters. The number of rotatable bonds is 1. The third-order valence-electron chi connectivity index (χ3n) is 3.55. The summed E-state index contributed by atoms with van der Waals surface area (Å²) in [6, 6.07) is 3.93. The van der Waals surface area contributed by atoms with Crippen LogP contribution in [0.15, 0.2) is 18.3 Å². The fraction of sp³-hybridized carbons (Fsp3) is 0.500. The average molecular weight is 249 g/mol. The Morgan fingerprint density at radius 2 is 2.24 bits per heavy atom. The molecule has 3 heterocycles. The van der Waals surface area contributed by atoms with E-state index in [1.54, 1.807) is 0 Å². The average Bonchev–Trinajstić information content (AvgIpc) is 2.66. The number of ether oxygens (including phenoxy) is 1. The summed E-state index contributed by atoms with van der Waals surface area (Å²) in [6.45, 7) is 3.81. The van der Waals surface area contributed by atoms with E-state index in [-0.39, 0.29) is 5.54 Å². The molecule has 1 fully saturated rings. The van der Waals surface area contributed by atoms with Crippen LogP contribution in [0.1, 0.15) is 19.8 Å². The standard InChI is InChI=1S/C12H15N3OS/c1-12(4-7-16-8-5-12)15-10-9(14-11(15)17)3-2-6-13-10/h2-3,6H,4-5,7-8H2,1H3,(H,14,17). The van der Waals surface area contributed by atoms with Gasteiger partial charge in [-0.25, -0.2) is 4.98 Å². The number of hydrogen-bond acceptors (Lipinski definition) is 3. The van der Waals surface area contributed by atoms with Gasteiger partial charge in [-0.1, -0.05) is 0 Å². The van der Waals surface area contributed by atoms with E-state index in [2.05, 4.69) is 21.5 Å². The lowest BCUT2D eigenvalue weighted by Crippen LogP contribution is -2.36. The summed E-state index contributed by atoms with van der Waals surface area (Å²) in [4.78, 5) is 7.67. The van der Waals surface area contributed by atoms with Crippen LogP contribution in [0.4, 0.5) is 0 Å². The van der Waals surface area contributed by atoms with Gasteiger partial charge in [0.05, 0.1) is 11.1 Å². The summed E-state index contributed by atoms with van der Waals surface area (Å²) < 4.78 is 8.34. The summed E-state index contributed by atoms with van der Waals surface area (Å²) in [5, 5.41) is 0. The molecule has 17 heavy (non-hydrogen) atoms. The van der Waals surface area contributed by atoms with Crippen molar-refractivity contribution in [2.24, 2.45) is 0 Å². The number of hydrogen-bond donors (Lipinski definition) is 1. The molecule has 0 aromatic carbocycles. The Kier molecular flexibility index (Phi) is 2.52. The molecule has 0 spiro atoms. The number of pyridine rings is 1. The number of aromatic nitrogens is 3. The minimum atomic E-state index is 0.0158. The first-order valence-electron chi connectivity index (χ1n) is 5.85. The Morgan fingerprint density at radius 1 is 1.47 bits per heavy atom. The van der Waals surface area contributed by atoms with Crippen molar-refractivity contribution in [1.29, 1.82) is 0 Å². The lowest BCUT2D eigenvalue weighted by atomic mass is 9.92. The topological polar surface area (TPSA) is 42.8 Å². The summed E-state index contributed by atoms with van der Waals surface area (Å²) in [7, 11) is 0. The maximum Gasteiger partial charge on any atom is 0.179 e. The number of imidazole rings is 1. The first kappa shape index (κ1) is 10.9. The Labute approximate surface area is 105 Å². The largest absolute Gasteiger partial charge is 0.381 e. The number of aromatic amines is 1. The predicted octanol–water partition coefficient (Wildman–Crippen LogP) is 2.62. The van der Waals surface area contributed by atoms with Gasteiger partial charge in [0.15, 0.2) is 10.4 Å². The molecule has 1 N–H and O–H groups in total. The molecule has 0 atom stereocenters. The van der Waals surface area contributed by atoms with E-state index in [1.165, 1.54) is 0 Å². The van der Waals surface area contributed by atoms with E-state index >= 15 is 0 Å². The molecule has 90 valence electrons. The molecule has 0 radical (unpaired) electrons. The van der Waals surface area contributed by atoms with Crippen molar-refractivity contribution in [3.63, 3.8) is 0 Å². The van der Waals surface area contributed by atoms with Crippen molar-refractivity contribution in [3.05, 3.63) is 23.1 Å². The minimum absolute atomic E-state index is 0.0158. The molecule has 1 aliphatic rings. The van der Waals surface area contributed by atoms with Crippen LogP contribution in [-0.2, 0) is 10.3 Å². The predicted molar refractivity (Wildman–Crippen MR) is 68.6 cm³/mol. The van der Waals surface area contributed by atoms with Crippen LogP contribution in [0, 0.1) is 4.77 Å². The smallest absolute Gasteiger partial charge is 0.179 e. The number of H-pyrrole nitrogens is 1. The molecule has 0 saturated carbocycles. The second-order valence-corrected chi connectivity index (χ2v) is 5.14. The second-order valence-electron chi connectivity index (χ2n) is 4.75. The van der Waals surface area contributed by atoms with Gasteiger partial charge in [-0.05, 0) is 44.1 Å². The zero-order valence-electron chi connectivity index (χ0n) is 9.77. The van der Waals surface area contributed by atoms with Gasteiger partial charge in [-0.3, -0.25) is 4.57 Å². The fourth-order valence-electron chi connectivity index (χ4n) is 2.48. The van der Waals surface area contributed by atoms with Crippen molar-refractivity contribution >= 4 is 23.4 Å². The molecule has 1 aliphatic heterocycles. The van der Waals surface area contributed by atoms with Crippen molar-refractivity contribution in [3.8, 4) is 0 Å². The summed E-state index contributed by atoms with van der Waals surface area (Å²) in [6.07, 6.45) is 3.76. The molecule has 2 aromatic heterocycles. The molecule has 0 aliphatic carbocycles. The van der Waals surface area contributed by atoms with Gasteiger partial charge < -0.3 is 9.72 Å². The van der Waals surface area contributed by atoms with Crippen molar-refractivity contribution in [2.75, 3.05) is 13.2 Å². The summed E-state index contributed by atoms with van der Waals surface area (Å²) >= 11 is 5.43. The van der Waals surface area contributed by atoms with E-state index in [9.17, 15) is 0 Å². The molecule has 0 amide bonds. The molecule has 0 bridgehead atoms. The normalized spacial score (nSPS) is 19.6. The van der Waals surface area contributed by atoms with Crippen LogP contribution < -0.4 is 0 Å². The van der Waals surface area contributed by atoms with Crippen LogP contribution in [0.25, 0.3) is 11.2 Å². The van der Waals surface area contributed by atoms with Gasteiger partial charge in [0.1, 0.15) is 0 Å². The fourth-order valence-corrected chi connectivity index (χ4v) is 2.89. The molecule has 4 nitrogen and oxygen atoms in total. The molecule has 3 rings (SSSR count). The van der Waals surface area contributed by atoms with Gasteiger partial charge in [0, 0.05) is 19.4 Å². The highest BCUT2D eigenvalue weighted by Gasteiger charge is 2.31. The highest BCUT2D eigenvalue weighted by atomic mass is 32.1. The van der Waals surface area contributed by atoms with E-state index in [0.29, 0.717) is 0 Å². The van der Waals surface area contributed by atoms with Gasteiger partial charge in [-0.2, -0.15) is 0 Å². The van der Waals surface area contributed by atoms with E-state index in [0.717, 1.165) is 42.0 Å². The molecule has 2 aromatic rings. The maximum absolute atomic E-state index is 5.44. The molecular formula is C12H15N3OS. The Balaban J connectivity index is 2.22. The minimum Gasteiger partial charge on any atom is -0.381 e.